The molecular formula is C68H74FN9O17S3. The van der Waals surface area contributed by atoms with E-state index >= 15 is 0 Å². The van der Waals surface area contributed by atoms with Crippen LogP contribution in [0.25, 0.3) is 44.1 Å². The Morgan fingerprint density at radius 3 is 1.55 bits per heavy atom. The predicted octanol–water partition coefficient (Wildman–Crippen LogP) is 8.28. The van der Waals surface area contributed by atoms with Crippen LogP contribution in [0.1, 0.15) is 48.3 Å². The van der Waals surface area contributed by atoms with Crippen molar-refractivity contribution in [2.75, 3.05) is 112 Å². The van der Waals surface area contributed by atoms with Crippen LogP contribution >= 0.6 is 0 Å². The fourth-order valence-electron chi connectivity index (χ4n) is 12.2. The van der Waals surface area contributed by atoms with Gasteiger partial charge in [-0.1, -0.05) is 12.2 Å². The molecule has 6 aliphatic heterocycles. The minimum atomic E-state index is -3.89. The Morgan fingerprint density at radius 1 is 0.490 bits per heavy atom. The molecule has 98 heavy (non-hydrogen) atoms. The van der Waals surface area contributed by atoms with Gasteiger partial charge in [-0.15, -0.1) is 0 Å². The third-order valence-corrected chi connectivity index (χ3v) is 22.2. The number of ether oxygens (including phenoxy) is 5. The van der Waals surface area contributed by atoms with Crippen LogP contribution in [0.2, 0.25) is 0 Å². The van der Waals surface area contributed by atoms with E-state index in [2.05, 4.69) is 62.9 Å². The first-order chi connectivity index (χ1) is 47.2. The summed E-state index contributed by atoms with van der Waals surface area (Å²) in [6.45, 7) is 7.67. The first-order valence-electron chi connectivity index (χ1n) is 31.1. The number of carbonyl (C=O) groups is 3. The maximum absolute atomic E-state index is 14.1. The smallest absolute Gasteiger partial charge is 0.290 e. The fourth-order valence-corrected chi connectivity index (χ4v) is 16.3. The van der Waals surface area contributed by atoms with Gasteiger partial charge >= 0.3 is 0 Å². The number of nitrogens with zero attached hydrogens (tertiary/aromatic N) is 9. The third-order valence-electron chi connectivity index (χ3n) is 17.2. The maximum atomic E-state index is 14.1. The van der Waals surface area contributed by atoms with E-state index in [9.17, 15) is 29.6 Å². The van der Waals surface area contributed by atoms with Gasteiger partial charge in [0.1, 0.15) is 44.6 Å². The van der Waals surface area contributed by atoms with Crippen LogP contribution in [0, 0.1) is 5.82 Å². The van der Waals surface area contributed by atoms with Crippen molar-refractivity contribution in [1.29, 1.82) is 0 Å². The Bertz CT molecular complexity index is 4800. The largest absolute Gasteiger partial charge is 0.490 e. The summed E-state index contributed by atoms with van der Waals surface area (Å²) in [5, 5.41) is 22.2. The number of rotatable bonds is 9. The van der Waals surface area contributed by atoms with Gasteiger partial charge in [0, 0.05) is 104 Å². The van der Waals surface area contributed by atoms with E-state index < -0.39 is 30.1 Å². The molecule has 0 saturated carbocycles. The van der Waals surface area contributed by atoms with Gasteiger partial charge in [-0.2, -0.15) is 0 Å². The molecule has 0 radical (unpaired) electrons. The van der Waals surface area contributed by atoms with Crippen LogP contribution in [-0.2, 0) is 44.5 Å². The molecule has 9 aromatic rings. The predicted molar refractivity (Wildman–Crippen MR) is 365 cm³/mol. The molecule has 11 heterocycles. The van der Waals surface area contributed by atoms with Crippen molar-refractivity contribution < 1.29 is 83.0 Å². The summed E-state index contributed by atoms with van der Waals surface area (Å²) >= 11 is 0. The summed E-state index contributed by atoms with van der Waals surface area (Å²) in [5.41, 5.74) is 8.08. The van der Waals surface area contributed by atoms with Crippen molar-refractivity contribution in [3.63, 3.8) is 0 Å². The number of hydrogen-bond acceptors (Lipinski definition) is 20. The molecule has 30 heteroatoms. The topological polar surface area (TPSA) is 314 Å². The summed E-state index contributed by atoms with van der Waals surface area (Å²) in [4.78, 5) is 43.2. The second-order valence-electron chi connectivity index (χ2n) is 23.4. The van der Waals surface area contributed by atoms with E-state index in [0.29, 0.717) is 89.4 Å². The Labute approximate surface area is 565 Å². The highest BCUT2D eigenvalue weighted by Gasteiger charge is 2.31. The first-order valence-corrected chi connectivity index (χ1v) is 35.4. The van der Waals surface area contributed by atoms with Crippen molar-refractivity contribution in [2.45, 2.75) is 46.3 Å². The summed E-state index contributed by atoms with van der Waals surface area (Å²) in [7, 11) is -3.34. The van der Waals surface area contributed by atoms with Crippen molar-refractivity contribution >= 4 is 99.3 Å². The molecule has 0 bridgehead atoms. The zero-order valence-electron chi connectivity index (χ0n) is 54.1. The molecule has 1 fully saturated rings. The van der Waals surface area contributed by atoms with Crippen molar-refractivity contribution in [3.8, 4) is 28.7 Å². The number of aromatic nitrogens is 5. The molecule has 1 saturated heterocycles. The molecule has 5 aromatic heterocycles. The van der Waals surface area contributed by atoms with E-state index in [1.165, 1.54) is 42.2 Å². The zero-order valence-corrected chi connectivity index (χ0v) is 56.5. The number of fused-ring (bicyclic) bond motifs is 6. The number of hydrogen-bond donors (Lipinski definition) is 3. The Balaban J connectivity index is 0.000000150. The van der Waals surface area contributed by atoms with Crippen molar-refractivity contribution in [3.05, 3.63) is 163 Å². The average Bonchev–Trinajstić information content (AvgIpc) is 1.59. The summed E-state index contributed by atoms with van der Waals surface area (Å²) in [6, 6.07) is 26.0. The molecule has 0 unspecified atom stereocenters. The number of likely N-dealkylation sites (tertiary alicyclic amines) is 1. The molecule has 26 nitrogen and oxygen atoms in total. The summed E-state index contributed by atoms with van der Waals surface area (Å²) in [5.74, 6) is 2.38. The van der Waals surface area contributed by atoms with E-state index in [1.54, 1.807) is 85.6 Å². The number of likely N-dealkylation sites (N-methyl/N-ethyl adjacent to an activating group) is 3. The highest BCUT2D eigenvalue weighted by molar-refractivity contribution is 7.90. The highest BCUT2D eigenvalue weighted by Crippen LogP contribution is 2.41. The molecule has 4 aromatic carbocycles. The molecule has 6 aliphatic rings. The van der Waals surface area contributed by atoms with Gasteiger partial charge in [-0.3, -0.25) is 19.4 Å². The second-order valence-corrected chi connectivity index (χ2v) is 28.8. The van der Waals surface area contributed by atoms with Gasteiger partial charge < -0.3 is 58.6 Å². The molecular weight excluding hydrogens is 1330 g/mol. The minimum absolute atomic E-state index is 0.114. The monoisotopic (exact) mass is 1400 g/mol. The quantitative estimate of drug-likeness (QED) is 0.114. The number of pyridine rings is 2. The molecule has 0 spiro atoms. The third kappa shape index (κ3) is 15.3. The van der Waals surface area contributed by atoms with Crippen LogP contribution in [-0.4, -0.2) is 204 Å². The van der Waals surface area contributed by atoms with Gasteiger partial charge in [0.15, 0.2) is 28.6 Å². The van der Waals surface area contributed by atoms with Crippen molar-refractivity contribution in [2.24, 2.45) is 0 Å². The van der Waals surface area contributed by atoms with Crippen molar-refractivity contribution in [1.82, 2.24) is 36.6 Å². The van der Waals surface area contributed by atoms with E-state index in [0.717, 1.165) is 110 Å². The van der Waals surface area contributed by atoms with Gasteiger partial charge in [0.25, 0.3) is 49.5 Å². The Hall–Kier alpha value is -9.85. The van der Waals surface area contributed by atoms with Crippen LogP contribution in [0.3, 0.4) is 0 Å². The van der Waals surface area contributed by atoms with Gasteiger partial charge in [0.05, 0.1) is 43.5 Å². The van der Waals surface area contributed by atoms with Gasteiger partial charge in [-0.05, 0) is 161 Å². The average molecular weight is 1400 g/mol. The molecule has 0 amide bonds. The van der Waals surface area contributed by atoms with E-state index in [4.69, 9.17) is 53.4 Å². The summed E-state index contributed by atoms with van der Waals surface area (Å²) in [6.07, 6.45) is 16.3. The lowest BCUT2D eigenvalue weighted by molar-refractivity contribution is -0.123. The van der Waals surface area contributed by atoms with Gasteiger partial charge in [-0.25, -0.2) is 46.5 Å². The van der Waals surface area contributed by atoms with E-state index in [1.807, 2.05) is 19.2 Å². The molecule has 0 aliphatic carbocycles. The minimum Gasteiger partial charge on any atom is -0.490 e. The first kappa shape index (κ1) is 70.9. The molecule has 518 valence electrons. The lowest BCUT2D eigenvalue weighted by Gasteiger charge is -2.28. The number of anilines is 1. The van der Waals surface area contributed by atoms with Crippen LogP contribution in [0.15, 0.2) is 155 Å². The Kier molecular flexibility index (Phi) is 22.5. The second kappa shape index (κ2) is 31.1. The highest BCUT2D eigenvalue weighted by atomic mass is 32.2. The van der Waals surface area contributed by atoms with Crippen LogP contribution in [0.4, 0.5) is 10.1 Å². The fraction of sp³-hybridized carbons (Fsp3) is 0.309. The lowest BCUT2D eigenvalue weighted by Crippen LogP contribution is -2.29. The zero-order chi connectivity index (χ0) is 69.9. The lowest BCUT2D eigenvalue weighted by atomic mass is 9.89. The number of halogens is 1. The van der Waals surface area contributed by atoms with Crippen LogP contribution in [0.5, 0.6) is 28.7 Å². The summed E-state index contributed by atoms with van der Waals surface area (Å²) < 4.78 is 127. The standard InChI is InChI=1S/C22H23FN2O4S.C22H24N4O3S.C21H21N3O4S.3CH2O2/c1-24-8-6-15(7-9-24)19-14-25(20-4-2-16(23)12-18(19)20)30(26,27)17-3-5-21-22(13-17)29-11-10-28-21;1-24-10-7-16(8-11-24)19-15-26(22-18(19)4-3-9-23-22)30(27,28)17-5-6-20-21(14-17)29-13-12-25(20)2;1-23-9-6-15(7-10-23)17-14-24(18-3-2-8-22-21(17)18)29(25,26)16-4-5-19-20(13-16)28-12-11-27-19;3*2-1-3/h2-5,12-15H,6-11H2,1H3;3-7,9,14-15H,8,10-13H2,1-2H3;2-6,8,13-14H,7,9-12H2,1H3;3*1H,(H,2,3). The van der Waals surface area contributed by atoms with Crippen LogP contribution < -0.4 is 28.6 Å². The van der Waals surface area contributed by atoms with Gasteiger partial charge in [0.2, 0.25) is 0 Å². The van der Waals surface area contributed by atoms with E-state index in [-0.39, 0.29) is 45.8 Å². The molecule has 0 atom stereocenters. The maximum Gasteiger partial charge on any atom is 0.290 e. The molecule has 3 N–H and O–H groups in total. The number of benzene rings is 4. The Morgan fingerprint density at radius 2 is 0.980 bits per heavy atom. The molecule has 15 rings (SSSR count). The number of carboxylic acid groups (broad SMARTS) is 3. The normalized spacial score (nSPS) is 16.4. The SMILES string of the molecule is CN1CC=C(c2cn(S(=O)(=O)c3ccc4c(c3)OCCN4C)c3ncccc23)CC1.CN1CC=C(c2cn(S(=O)(=O)c3ccc4c(c3)OCCO4)c3cccnc23)CC1.CN1CCC(c2cn(S(=O)(=O)c3ccc4c(c3)OCCO4)c3ccc(F)cc23)CC1.O=CO.O=CO.O=CO. The number of piperidine rings is 1.